The quantitative estimate of drug-likeness (QED) is 0.331. The molecule has 3 aromatic rings. The molecule has 3 heterocycles. The largest absolute Gasteiger partial charge is 0.383 e. The number of thiazole rings is 1. The van der Waals surface area contributed by atoms with Crippen LogP contribution in [0.3, 0.4) is 0 Å². The molecule has 1 aliphatic heterocycles. The molecule has 0 bridgehead atoms. The van der Waals surface area contributed by atoms with Crippen molar-refractivity contribution < 1.29 is 22.9 Å². The van der Waals surface area contributed by atoms with Gasteiger partial charge in [0, 0.05) is 44.8 Å². The van der Waals surface area contributed by atoms with Crippen LogP contribution in [0.5, 0.6) is 0 Å². The molecule has 0 spiro atoms. The van der Waals surface area contributed by atoms with Gasteiger partial charge in [-0.25, -0.2) is 8.42 Å². The van der Waals surface area contributed by atoms with Gasteiger partial charge in [0.05, 0.1) is 26.1 Å². The number of thiophene rings is 1. The van der Waals surface area contributed by atoms with Crippen LogP contribution in [-0.4, -0.2) is 54.9 Å². The SMILES string of the molecule is COCCn1c(=NC(=O)C2CCN(S(=O)(=O)c3ccc(Cl)s3)CC2)sc2cc([N+](=O)[O-])ccc21. The summed E-state index contributed by atoms with van der Waals surface area (Å²) in [6.45, 7) is 1.24. The topological polar surface area (TPSA) is 124 Å². The van der Waals surface area contributed by atoms with Gasteiger partial charge in [0.15, 0.2) is 4.80 Å². The lowest BCUT2D eigenvalue weighted by Crippen LogP contribution is -2.40. The number of aromatic nitrogens is 1. The number of nitro groups is 1. The summed E-state index contributed by atoms with van der Waals surface area (Å²) in [6.07, 6.45) is 0.713. The van der Waals surface area contributed by atoms with Gasteiger partial charge in [-0.2, -0.15) is 9.30 Å². The average Bonchev–Trinajstić information content (AvgIpc) is 3.40. The number of carbonyl (C=O) groups is 1. The van der Waals surface area contributed by atoms with Crippen LogP contribution in [0, 0.1) is 16.0 Å². The van der Waals surface area contributed by atoms with Gasteiger partial charge in [0.2, 0.25) is 0 Å². The highest BCUT2D eigenvalue weighted by Gasteiger charge is 2.33. The molecule has 0 radical (unpaired) electrons. The number of piperidine rings is 1. The number of hydrogen-bond acceptors (Lipinski definition) is 8. The smallest absolute Gasteiger partial charge is 0.270 e. The van der Waals surface area contributed by atoms with Crippen LogP contribution in [0.25, 0.3) is 10.2 Å². The summed E-state index contributed by atoms with van der Waals surface area (Å²) in [4.78, 5) is 28.4. The molecule has 2 aromatic heterocycles. The molecule has 4 rings (SSSR count). The molecule has 0 aliphatic carbocycles. The van der Waals surface area contributed by atoms with E-state index < -0.39 is 20.9 Å². The first-order valence-electron chi connectivity index (χ1n) is 10.3. The van der Waals surface area contributed by atoms with Gasteiger partial charge in [0.25, 0.3) is 21.6 Å². The van der Waals surface area contributed by atoms with Gasteiger partial charge in [0.1, 0.15) is 4.21 Å². The highest BCUT2D eigenvalue weighted by atomic mass is 35.5. The lowest BCUT2D eigenvalue weighted by Gasteiger charge is -2.29. The third-order valence-electron chi connectivity index (χ3n) is 5.55. The van der Waals surface area contributed by atoms with E-state index in [1.807, 2.05) is 4.57 Å². The molecule has 182 valence electrons. The summed E-state index contributed by atoms with van der Waals surface area (Å²) in [6, 6.07) is 7.56. The molecule has 0 N–H and O–H groups in total. The Balaban J connectivity index is 1.55. The van der Waals surface area contributed by atoms with Crippen molar-refractivity contribution in [2.45, 2.75) is 23.6 Å². The molecule has 1 aliphatic rings. The highest BCUT2D eigenvalue weighted by Crippen LogP contribution is 2.31. The van der Waals surface area contributed by atoms with Crippen molar-refractivity contribution in [3.63, 3.8) is 0 Å². The minimum Gasteiger partial charge on any atom is -0.383 e. The van der Waals surface area contributed by atoms with Gasteiger partial charge in [-0.05, 0) is 31.0 Å². The Bertz CT molecular complexity index is 1400. The first-order valence-corrected chi connectivity index (χ1v) is 13.8. The van der Waals surface area contributed by atoms with E-state index >= 15 is 0 Å². The fourth-order valence-corrected chi connectivity index (χ4v) is 7.95. The summed E-state index contributed by atoms with van der Waals surface area (Å²) in [5.74, 6) is -0.739. The zero-order valence-electron chi connectivity index (χ0n) is 18.0. The molecule has 1 amide bonds. The number of carbonyl (C=O) groups excluding carboxylic acids is 1. The third kappa shape index (κ3) is 5.09. The van der Waals surface area contributed by atoms with E-state index in [1.54, 1.807) is 19.2 Å². The number of non-ortho nitro benzene ring substituents is 1. The molecule has 1 saturated heterocycles. The first kappa shape index (κ1) is 24.9. The number of nitrogens with zero attached hydrogens (tertiary/aromatic N) is 4. The summed E-state index contributed by atoms with van der Waals surface area (Å²) >= 11 is 8.09. The van der Waals surface area contributed by atoms with Crippen molar-refractivity contribution >= 4 is 66.1 Å². The Labute approximate surface area is 208 Å². The molecular weight excluding hydrogens is 524 g/mol. The number of nitro benzene ring substituents is 1. The van der Waals surface area contributed by atoms with Crippen LogP contribution in [0.2, 0.25) is 4.34 Å². The van der Waals surface area contributed by atoms with Crippen LogP contribution in [0.4, 0.5) is 5.69 Å². The molecule has 34 heavy (non-hydrogen) atoms. The molecule has 1 fully saturated rings. The highest BCUT2D eigenvalue weighted by molar-refractivity contribution is 7.91. The number of sulfonamides is 1. The summed E-state index contributed by atoms with van der Waals surface area (Å²) in [5.41, 5.74) is 0.695. The van der Waals surface area contributed by atoms with E-state index in [2.05, 4.69) is 4.99 Å². The van der Waals surface area contributed by atoms with Gasteiger partial charge in [-0.3, -0.25) is 14.9 Å². The van der Waals surface area contributed by atoms with Crippen molar-refractivity contribution in [2.24, 2.45) is 10.9 Å². The van der Waals surface area contributed by atoms with E-state index in [0.29, 0.717) is 39.8 Å². The Hall–Kier alpha value is -2.16. The van der Waals surface area contributed by atoms with Crippen LogP contribution < -0.4 is 4.80 Å². The number of benzene rings is 1. The monoisotopic (exact) mass is 544 g/mol. The van der Waals surface area contributed by atoms with Crippen LogP contribution in [0.1, 0.15) is 12.8 Å². The third-order valence-corrected chi connectivity index (χ3v) is 10.2. The number of ether oxygens (including phenoxy) is 1. The Morgan fingerprint density at radius 1 is 1.26 bits per heavy atom. The van der Waals surface area contributed by atoms with E-state index in [4.69, 9.17) is 16.3 Å². The Morgan fingerprint density at radius 2 is 2.00 bits per heavy atom. The first-order chi connectivity index (χ1) is 16.2. The van der Waals surface area contributed by atoms with Gasteiger partial charge in [-0.15, -0.1) is 11.3 Å². The number of methoxy groups -OCH3 is 1. The maximum atomic E-state index is 13.0. The Morgan fingerprint density at radius 3 is 2.62 bits per heavy atom. The summed E-state index contributed by atoms with van der Waals surface area (Å²) in [7, 11) is -2.08. The van der Waals surface area contributed by atoms with E-state index in [9.17, 15) is 23.3 Å². The lowest BCUT2D eigenvalue weighted by atomic mass is 9.98. The van der Waals surface area contributed by atoms with Crippen molar-refractivity contribution in [1.29, 1.82) is 0 Å². The standard InChI is InChI=1S/C20H21ClN4O6S3/c1-31-11-10-24-15-3-2-14(25(27)28)12-16(15)32-20(24)22-19(26)13-6-8-23(9-7-13)34(29,30)18-5-4-17(21)33-18/h2-5,12-13H,6-11H2,1H3. The molecule has 10 nitrogen and oxygen atoms in total. The molecule has 1 aromatic carbocycles. The second-order valence-electron chi connectivity index (χ2n) is 7.63. The number of rotatable bonds is 7. The maximum Gasteiger partial charge on any atom is 0.270 e. The zero-order chi connectivity index (χ0) is 24.5. The molecule has 0 saturated carbocycles. The van der Waals surface area contributed by atoms with Crippen LogP contribution in [0.15, 0.2) is 39.5 Å². The number of amides is 1. The molecule has 0 unspecified atom stereocenters. The van der Waals surface area contributed by atoms with Crippen molar-refractivity contribution in [3.8, 4) is 0 Å². The molecule has 0 atom stereocenters. The fourth-order valence-electron chi connectivity index (χ4n) is 3.75. The number of hydrogen-bond donors (Lipinski definition) is 0. The van der Waals surface area contributed by atoms with Gasteiger partial charge >= 0.3 is 0 Å². The summed E-state index contributed by atoms with van der Waals surface area (Å²) in [5, 5.41) is 11.1. The van der Waals surface area contributed by atoms with Crippen molar-refractivity contribution in [2.75, 3.05) is 26.8 Å². The predicted molar refractivity (Wildman–Crippen MR) is 130 cm³/mol. The normalized spacial score (nSPS) is 16.4. The van der Waals surface area contributed by atoms with Gasteiger partial charge in [-0.1, -0.05) is 22.9 Å². The van der Waals surface area contributed by atoms with E-state index in [0.717, 1.165) is 16.9 Å². The maximum absolute atomic E-state index is 13.0. The van der Waals surface area contributed by atoms with Crippen LogP contribution >= 0.6 is 34.3 Å². The van der Waals surface area contributed by atoms with E-state index in [-0.39, 0.29) is 28.9 Å². The predicted octanol–water partition coefficient (Wildman–Crippen LogP) is 3.50. The van der Waals surface area contributed by atoms with Crippen molar-refractivity contribution in [1.82, 2.24) is 8.87 Å². The molecule has 14 heteroatoms. The second kappa shape index (κ2) is 10.2. The fraction of sp³-hybridized carbons (Fsp3) is 0.400. The number of fused-ring (bicyclic) bond motifs is 1. The minimum absolute atomic E-state index is 0.0360. The lowest BCUT2D eigenvalue weighted by molar-refractivity contribution is -0.384. The Kier molecular flexibility index (Phi) is 7.50. The number of halogens is 1. The molecular formula is C20H21ClN4O6S3. The van der Waals surface area contributed by atoms with E-state index in [1.165, 1.54) is 33.8 Å². The minimum atomic E-state index is -3.64. The average molecular weight is 545 g/mol. The summed E-state index contributed by atoms with van der Waals surface area (Å²) < 4.78 is 35.2. The zero-order valence-corrected chi connectivity index (χ0v) is 21.3. The van der Waals surface area contributed by atoms with Gasteiger partial charge < -0.3 is 9.30 Å². The van der Waals surface area contributed by atoms with Crippen LogP contribution in [-0.2, 0) is 26.1 Å². The van der Waals surface area contributed by atoms with Crippen molar-refractivity contribution in [3.05, 3.63) is 49.6 Å². The second-order valence-corrected chi connectivity index (χ2v) is 12.5.